The molecule has 1 aromatic carbocycles. The van der Waals surface area contributed by atoms with E-state index in [1.165, 1.54) is 0 Å². The molecule has 1 aliphatic carbocycles. The first-order valence-corrected chi connectivity index (χ1v) is 9.25. The highest BCUT2D eigenvalue weighted by Gasteiger charge is 2.34. The molecule has 0 radical (unpaired) electrons. The SMILES string of the molecule is CCN(CC(=O)O)C1CC(NC(=O)c2cncc(-c3cccc(C)c3)c2)C1. The highest BCUT2D eigenvalue weighted by atomic mass is 16.4. The molecule has 0 saturated heterocycles. The lowest BCUT2D eigenvalue weighted by molar-refractivity contribution is -0.139. The molecule has 1 heterocycles. The van der Waals surface area contributed by atoms with Crippen LogP contribution in [0.4, 0.5) is 0 Å². The van der Waals surface area contributed by atoms with Crippen LogP contribution in [-0.2, 0) is 4.79 Å². The van der Waals surface area contributed by atoms with Gasteiger partial charge in [-0.05, 0) is 37.9 Å². The second-order valence-electron chi connectivity index (χ2n) is 7.08. The Labute approximate surface area is 159 Å². The van der Waals surface area contributed by atoms with E-state index in [1.807, 2.05) is 43.0 Å². The van der Waals surface area contributed by atoms with Crippen molar-refractivity contribution in [1.82, 2.24) is 15.2 Å². The normalized spacial score (nSPS) is 18.8. The summed E-state index contributed by atoms with van der Waals surface area (Å²) >= 11 is 0. The minimum absolute atomic E-state index is 0.0459. The number of nitrogens with zero attached hydrogens (tertiary/aromatic N) is 2. The van der Waals surface area contributed by atoms with Gasteiger partial charge in [0.15, 0.2) is 0 Å². The zero-order valence-electron chi connectivity index (χ0n) is 15.7. The molecule has 3 rings (SSSR count). The van der Waals surface area contributed by atoms with Crippen LogP contribution in [0.5, 0.6) is 0 Å². The number of pyridine rings is 1. The summed E-state index contributed by atoms with van der Waals surface area (Å²) in [5.41, 5.74) is 3.64. The predicted octanol–water partition coefficient (Wildman–Crippen LogP) is 2.72. The van der Waals surface area contributed by atoms with Crippen molar-refractivity contribution in [3.8, 4) is 11.1 Å². The predicted molar refractivity (Wildman–Crippen MR) is 104 cm³/mol. The zero-order valence-corrected chi connectivity index (χ0v) is 15.7. The van der Waals surface area contributed by atoms with E-state index in [2.05, 4.69) is 16.4 Å². The Hall–Kier alpha value is -2.73. The molecular formula is C21H25N3O3. The minimum Gasteiger partial charge on any atom is -0.480 e. The van der Waals surface area contributed by atoms with E-state index in [9.17, 15) is 9.59 Å². The van der Waals surface area contributed by atoms with Crippen LogP contribution in [0.2, 0.25) is 0 Å². The number of amides is 1. The van der Waals surface area contributed by atoms with Gasteiger partial charge in [0.25, 0.3) is 5.91 Å². The first-order chi connectivity index (χ1) is 13.0. The molecule has 6 heteroatoms. The molecule has 2 N–H and O–H groups in total. The van der Waals surface area contributed by atoms with Gasteiger partial charge in [0, 0.05) is 30.0 Å². The average Bonchev–Trinajstić information content (AvgIpc) is 2.62. The number of carboxylic acid groups (broad SMARTS) is 1. The molecule has 1 saturated carbocycles. The molecule has 0 spiro atoms. The molecule has 6 nitrogen and oxygen atoms in total. The number of carbonyl (C=O) groups excluding carboxylic acids is 1. The summed E-state index contributed by atoms with van der Waals surface area (Å²) in [7, 11) is 0. The second-order valence-corrected chi connectivity index (χ2v) is 7.08. The molecule has 1 fully saturated rings. The Balaban J connectivity index is 1.60. The van der Waals surface area contributed by atoms with E-state index < -0.39 is 5.97 Å². The number of aromatic nitrogens is 1. The molecule has 1 aromatic heterocycles. The number of hydrogen-bond donors (Lipinski definition) is 2. The van der Waals surface area contributed by atoms with Crippen molar-refractivity contribution in [3.05, 3.63) is 53.9 Å². The summed E-state index contributed by atoms with van der Waals surface area (Å²) in [5, 5.41) is 12.0. The third-order valence-corrected chi connectivity index (χ3v) is 5.06. The van der Waals surface area contributed by atoms with Gasteiger partial charge in [-0.1, -0.05) is 36.8 Å². The number of aliphatic carboxylic acids is 1. The largest absolute Gasteiger partial charge is 0.480 e. The lowest BCUT2D eigenvalue weighted by Gasteiger charge is -2.42. The van der Waals surface area contributed by atoms with Gasteiger partial charge >= 0.3 is 5.97 Å². The lowest BCUT2D eigenvalue weighted by atomic mass is 9.85. The number of carboxylic acids is 1. The highest BCUT2D eigenvalue weighted by Crippen LogP contribution is 2.26. The minimum atomic E-state index is -0.816. The summed E-state index contributed by atoms with van der Waals surface area (Å²) in [6.07, 6.45) is 4.89. The zero-order chi connectivity index (χ0) is 19.4. The second kappa shape index (κ2) is 8.31. The number of hydrogen-bond acceptors (Lipinski definition) is 4. The van der Waals surface area contributed by atoms with E-state index in [0.717, 1.165) is 29.5 Å². The number of aryl methyl sites for hydroxylation is 1. The summed E-state index contributed by atoms with van der Waals surface area (Å²) in [6, 6.07) is 10.2. The van der Waals surface area contributed by atoms with Gasteiger partial charge in [0.05, 0.1) is 12.1 Å². The van der Waals surface area contributed by atoms with Crippen LogP contribution >= 0.6 is 0 Å². The van der Waals surface area contributed by atoms with Crippen molar-refractivity contribution in [3.63, 3.8) is 0 Å². The highest BCUT2D eigenvalue weighted by molar-refractivity contribution is 5.95. The molecule has 1 amide bonds. The van der Waals surface area contributed by atoms with Crippen LogP contribution < -0.4 is 5.32 Å². The van der Waals surface area contributed by atoms with Gasteiger partial charge in [-0.3, -0.25) is 19.5 Å². The van der Waals surface area contributed by atoms with Gasteiger partial charge in [-0.25, -0.2) is 0 Å². The summed E-state index contributed by atoms with van der Waals surface area (Å²) in [5.74, 6) is -0.954. The van der Waals surface area contributed by atoms with Crippen molar-refractivity contribution in [1.29, 1.82) is 0 Å². The van der Waals surface area contributed by atoms with Crippen LogP contribution in [0.25, 0.3) is 11.1 Å². The van der Waals surface area contributed by atoms with Crippen molar-refractivity contribution in [2.24, 2.45) is 0 Å². The molecule has 0 bridgehead atoms. The summed E-state index contributed by atoms with van der Waals surface area (Å²) in [6.45, 7) is 4.73. The Morgan fingerprint density at radius 3 is 2.67 bits per heavy atom. The van der Waals surface area contributed by atoms with E-state index in [4.69, 9.17) is 5.11 Å². The van der Waals surface area contributed by atoms with Crippen molar-refractivity contribution >= 4 is 11.9 Å². The van der Waals surface area contributed by atoms with Gasteiger partial charge < -0.3 is 10.4 Å². The standard InChI is InChI=1S/C21H25N3O3/c1-3-24(13-20(25)26)19-9-18(10-19)23-21(27)17-8-16(11-22-12-17)15-6-4-5-14(2)7-15/h4-8,11-12,18-19H,3,9-10,13H2,1-2H3,(H,23,27)(H,25,26). The van der Waals surface area contributed by atoms with E-state index in [1.54, 1.807) is 12.4 Å². The number of nitrogens with one attached hydrogen (secondary N) is 1. The smallest absolute Gasteiger partial charge is 0.317 e. The van der Waals surface area contributed by atoms with Gasteiger partial charge in [0.1, 0.15) is 0 Å². The Kier molecular flexibility index (Phi) is 5.86. The molecule has 0 aliphatic heterocycles. The van der Waals surface area contributed by atoms with Crippen LogP contribution in [0, 0.1) is 6.92 Å². The van der Waals surface area contributed by atoms with Crippen molar-refractivity contribution < 1.29 is 14.7 Å². The quantitative estimate of drug-likeness (QED) is 0.786. The first kappa shape index (κ1) is 19.0. The van der Waals surface area contributed by atoms with E-state index in [-0.39, 0.29) is 24.5 Å². The van der Waals surface area contributed by atoms with E-state index >= 15 is 0 Å². The molecule has 142 valence electrons. The molecule has 27 heavy (non-hydrogen) atoms. The summed E-state index contributed by atoms with van der Waals surface area (Å²) < 4.78 is 0. The first-order valence-electron chi connectivity index (χ1n) is 9.25. The number of benzene rings is 1. The maximum atomic E-state index is 12.6. The van der Waals surface area contributed by atoms with Gasteiger partial charge in [0.2, 0.25) is 0 Å². The van der Waals surface area contributed by atoms with Crippen molar-refractivity contribution in [2.45, 2.75) is 38.8 Å². The average molecular weight is 367 g/mol. The van der Waals surface area contributed by atoms with Crippen LogP contribution in [-0.4, -0.2) is 52.0 Å². The van der Waals surface area contributed by atoms with Crippen molar-refractivity contribution in [2.75, 3.05) is 13.1 Å². The van der Waals surface area contributed by atoms with Crippen LogP contribution in [0.1, 0.15) is 35.7 Å². The van der Waals surface area contributed by atoms with E-state index in [0.29, 0.717) is 12.1 Å². The Morgan fingerprint density at radius 1 is 1.22 bits per heavy atom. The number of carbonyl (C=O) groups is 2. The topological polar surface area (TPSA) is 82.5 Å². The molecular weight excluding hydrogens is 342 g/mol. The number of likely N-dealkylation sites (N-methyl/N-ethyl adjacent to an activating group) is 1. The third kappa shape index (κ3) is 4.71. The fourth-order valence-corrected chi connectivity index (χ4v) is 3.49. The monoisotopic (exact) mass is 367 g/mol. The molecule has 1 aliphatic rings. The Morgan fingerprint density at radius 2 is 2.00 bits per heavy atom. The fraction of sp³-hybridized carbons (Fsp3) is 0.381. The van der Waals surface area contributed by atoms with Gasteiger partial charge in [-0.15, -0.1) is 0 Å². The molecule has 0 unspecified atom stereocenters. The third-order valence-electron chi connectivity index (χ3n) is 5.06. The fourth-order valence-electron chi connectivity index (χ4n) is 3.49. The maximum Gasteiger partial charge on any atom is 0.317 e. The molecule has 2 aromatic rings. The Bertz CT molecular complexity index is 831. The van der Waals surface area contributed by atoms with Gasteiger partial charge in [-0.2, -0.15) is 0 Å². The number of rotatable bonds is 7. The summed E-state index contributed by atoms with van der Waals surface area (Å²) in [4.78, 5) is 29.6. The lowest BCUT2D eigenvalue weighted by Crippen LogP contribution is -2.54. The molecule has 0 atom stereocenters. The van der Waals surface area contributed by atoms with Crippen LogP contribution in [0.15, 0.2) is 42.7 Å². The van der Waals surface area contributed by atoms with Crippen LogP contribution in [0.3, 0.4) is 0 Å². The maximum absolute atomic E-state index is 12.6.